The van der Waals surface area contributed by atoms with Crippen LogP contribution in [0.4, 0.5) is 13.2 Å². The number of ether oxygens (including phenoxy) is 2. The zero-order valence-corrected chi connectivity index (χ0v) is 11.7. The molecule has 1 rings (SSSR count). The van der Waals surface area contributed by atoms with Crippen LogP contribution in [-0.4, -0.2) is 19.4 Å². The van der Waals surface area contributed by atoms with Crippen molar-refractivity contribution >= 4 is 0 Å². The van der Waals surface area contributed by atoms with Gasteiger partial charge in [-0.3, -0.25) is 0 Å². The molecular formula is C14H20F3NO2. The first-order chi connectivity index (χ1) is 9.37. The van der Waals surface area contributed by atoms with Crippen molar-refractivity contribution in [2.24, 2.45) is 5.73 Å². The van der Waals surface area contributed by atoms with Crippen molar-refractivity contribution in [3.8, 4) is 11.5 Å². The average molecular weight is 291 g/mol. The number of alkyl halides is 3. The number of hydrogen-bond donors (Lipinski definition) is 1. The second-order valence-corrected chi connectivity index (χ2v) is 4.33. The smallest absolute Gasteiger partial charge is 0.389 e. The molecule has 0 saturated heterocycles. The van der Waals surface area contributed by atoms with Crippen LogP contribution in [0.5, 0.6) is 11.5 Å². The van der Waals surface area contributed by atoms with Gasteiger partial charge in [-0.2, -0.15) is 13.2 Å². The Morgan fingerprint density at radius 3 is 2.25 bits per heavy atom. The van der Waals surface area contributed by atoms with E-state index in [1.165, 1.54) is 0 Å². The Hall–Kier alpha value is -1.43. The zero-order valence-electron chi connectivity index (χ0n) is 11.7. The molecule has 0 radical (unpaired) electrons. The molecule has 0 aliphatic rings. The fraction of sp³-hybridized carbons (Fsp3) is 0.571. The first-order valence-electron chi connectivity index (χ1n) is 6.59. The molecule has 0 saturated carbocycles. The summed E-state index contributed by atoms with van der Waals surface area (Å²) in [6.45, 7) is 4.60. The van der Waals surface area contributed by atoms with E-state index in [0.717, 1.165) is 0 Å². The SMILES string of the molecule is CCOc1ccc(C(N)CCC(F)(F)F)cc1OCC. The lowest BCUT2D eigenvalue weighted by atomic mass is 10.0. The van der Waals surface area contributed by atoms with Gasteiger partial charge in [-0.05, 0) is 38.0 Å². The molecule has 0 fully saturated rings. The summed E-state index contributed by atoms with van der Waals surface area (Å²) in [5.41, 5.74) is 6.41. The van der Waals surface area contributed by atoms with Gasteiger partial charge in [0.15, 0.2) is 11.5 Å². The van der Waals surface area contributed by atoms with Crippen molar-refractivity contribution in [1.82, 2.24) is 0 Å². The fourth-order valence-corrected chi connectivity index (χ4v) is 1.78. The van der Waals surface area contributed by atoms with Crippen LogP contribution in [0, 0.1) is 0 Å². The lowest BCUT2D eigenvalue weighted by Crippen LogP contribution is -2.16. The fourth-order valence-electron chi connectivity index (χ4n) is 1.78. The minimum Gasteiger partial charge on any atom is -0.490 e. The van der Waals surface area contributed by atoms with Gasteiger partial charge in [-0.25, -0.2) is 0 Å². The van der Waals surface area contributed by atoms with Crippen molar-refractivity contribution in [3.63, 3.8) is 0 Å². The Labute approximate surface area is 116 Å². The van der Waals surface area contributed by atoms with Crippen molar-refractivity contribution in [1.29, 1.82) is 0 Å². The van der Waals surface area contributed by atoms with Crippen LogP contribution < -0.4 is 15.2 Å². The largest absolute Gasteiger partial charge is 0.490 e. The maximum absolute atomic E-state index is 12.2. The van der Waals surface area contributed by atoms with Gasteiger partial charge in [0.2, 0.25) is 0 Å². The van der Waals surface area contributed by atoms with Crippen molar-refractivity contribution in [2.75, 3.05) is 13.2 Å². The molecule has 0 amide bonds. The Kier molecular flexibility index (Phi) is 6.13. The maximum atomic E-state index is 12.2. The second-order valence-electron chi connectivity index (χ2n) is 4.33. The Morgan fingerprint density at radius 1 is 1.10 bits per heavy atom. The molecule has 0 aromatic heterocycles. The van der Waals surface area contributed by atoms with Crippen LogP contribution in [-0.2, 0) is 0 Å². The Bertz CT molecular complexity index is 421. The summed E-state index contributed by atoms with van der Waals surface area (Å²) in [6.07, 6.45) is -5.24. The minimum absolute atomic E-state index is 0.150. The lowest BCUT2D eigenvalue weighted by molar-refractivity contribution is -0.136. The molecule has 2 N–H and O–H groups in total. The van der Waals surface area contributed by atoms with E-state index in [1.54, 1.807) is 18.2 Å². The Morgan fingerprint density at radius 2 is 1.70 bits per heavy atom. The molecule has 6 heteroatoms. The van der Waals surface area contributed by atoms with Crippen LogP contribution >= 0.6 is 0 Å². The molecule has 0 aliphatic heterocycles. The van der Waals surface area contributed by atoms with Gasteiger partial charge in [0.05, 0.1) is 13.2 Å². The van der Waals surface area contributed by atoms with E-state index in [-0.39, 0.29) is 6.42 Å². The monoisotopic (exact) mass is 291 g/mol. The third-order valence-corrected chi connectivity index (χ3v) is 2.73. The van der Waals surface area contributed by atoms with Gasteiger partial charge in [0.1, 0.15) is 0 Å². The molecule has 3 nitrogen and oxygen atoms in total. The van der Waals surface area contributed by atoms with E-state index >= 15 is 0 Å². The van der Waals surface area contributed by atoms with Crippen LogP contribution in [0.1, 0.15) is 38.3 Å². The number of benzene rings is 1. The third-order valence-electron chi connectivity index (χ3n) is 2.73. The molecule has 0 aliphatic carbocycles. The number of rotatable bonds is 7. The molecule has 1 aromatic carbocycles. The number of hydrogen-bond acceptors (Lipinski definition) is 3. The average Bonchev–Trinajstić information content (AvgIpc) is 2.37. The molecule has 20 heavy (non-hydrogen) atoms. The van der Waals surface area contributed by atoms with Crippen molar-refractivity contribution < 1.29 is 22.6 Å². The topological polar surface area (TPSA) is 44.5 Å². The summed E-state index contributed by atoms with van der Waals surface area (Å²) in [6, 6.07) is 4.33. The molecule has 1 atom stereocenters. The normalized spacial score (nSPS) is 13.1. The van der Waals surface area contributed by atoms with E-state index in [0.29, 0.717) is 30.3 Å². The summed E-state index contributed by atoms with van der Waals surface area (Å²) in [5.74, 6) is 1.08. The quantitative estimate of drug-likeness (QED) is 0.830. The minimum atomic E-state index is -4.19. The van der Waals surface area contributed by atoms with Crippen LogP contribution in [0.25, 0.3) is 0 Å². The molecule has 114 valence electrons. The second kappa shape index (κ2) is 7.38. The third kappa shape index (κ3) is 5.28. The van der Waals surface area contributed by atoms with E-state index in [1.807, 2.05) is 13.8 Å². The van der Waals surface area contributed by atoms with Gasteiger partial charge in [-0.15, -0.1) is 0 Å². The summed E-state index contributed by atoms with van der Waals surface area (Å²) >= 11 is 0. The maximum Gasteiger partial charge on any atom is 0.389 e. The summed E-state index contributed by atoms with van der Waals surface area (Å²) in [5, 5.41) is 0. The number of halogens is 3. The van der Waals surface area contributed by atoms with Crippen molar-refractivity contribution in [3.05, 3.63) is 23.8 Å². The molecule has 0 bridgehead atoms. The lowest BCUT2D eigenvalue weighted by Gasteiger charge is -2.17. The van der Waals surface area contributed by atoms with Crippen LogP contribution in [0.15, 0.2) is 18.2 Å². The van der Waals surface area contributed by atoms with Gasteiger partial charge in [0.25, 0.3) is 0 Å². The highest BCUT2D eigenvalue weighted by atomic mass is 19.4. The predicted octanol–water partition coefficient (Wildman–Crippen LogP) is 3.83. The highest BCUT2D eigenvalue weighted by Gasteiger charge is 2.28. The standard InChI is InChI=1S/C14H20F3NO2/c1-3-19-12-6-5-10(9-13(12)20-4-2)11(18)7-8-14(15,16)17/h5-6,9,11H,3-4,7-8,18H2,1-2H3. The van der Waals surface area contributed by atoms with Gasteiger partial charge in [0, 0.05) is 12.5 Å². The van der Waals surface area contributed by atoms with Crippen LogP contribution in [0.3, 0.4) is 0 Å². The summed E-state index contributed by atoms with van der Waals surface area (Å²) in [4.78, 5) is 0. The molecule has 1 aromatic rings. The first-order valence-corrected chi connectivity index (χ1v) is 6.59. The predicted molar refractivity (Wildman–Crippen MR) is 71.0 cm³/mol. The summed E-state index contributed by atoms with van der Waals surface area (Å²) in [7, 11) is 0. The summed E-state index contributed by atoms with van der Waals surface area (Å²) < 4.78 is 47.4. The molecular weight excluding hydrogens is 271 g/mol. The Balaban J connectivity index is 2.82. The zero-order chi connectivity index (χ0) is 15.2. The van der Waals surface area contributed by atoms with Crippen molar-refractivity contribution in [2.45, 2.75) is 38.9 Å². The highest BCUT2D eigenvalue weighted by Crippen LogP contribution is 2.32. The molecule has 0 heterocycles. The van der Waals surface area contributed by atoms with Gasteiger partial charge >= 0.3 is 6.18 Å². The first kappa shape index (κ1) is 16.6. The van der Waals surface area contributed by atoms with Gasteiger partial charge < -0.3 is 15.2 Å². The highest BCUT2D eigenvalue weighted by molar-refractivity contribution is 5.43. The van der Waals surface area contributed by atoms with E-state index in [2.05, 4.69) is 0 Å². The van der Waals surface area contributed by atoms with E-state index in [9.17, 15) is 13.2 Å². The van der Waals surface area contributed by atoms with Gasteiger partial charge in [-0.1, -0.05) is 6.07 Å². The number of nitrogens with two attached hydrogens (primary N) is 1. The van der Waals surface area contributed by atoms with E-state index in [4.69, 9.17) is 15.2 Å². The van der Waals surface area contributed by atoms with Crippen LogP contribution in [0.2, 0.25) is 0 Å². The molecule has 0 spiro atoms. The van der Waals surface area contributed by atoms with E-state index < -0.39 is 18.6 Å². The molecule has 1 unspecified atom stereocenters.